The maximum atomic E-state index is 12.5. The average Bonchev–Trinajstić information content (AvgIpc) is 2.96. The molecule has 1 aliphatic heterocycles. The summed E-state index contributed by atoms with van der Waals surface area (Å²) in [5.41, 5.74) is 0.0486. The van der Waals surface area contributed by atoms with Gasteiger partial charge in [0.1, 0.15) is 6.04 Å². The molecule has 21 heavy (non-hydrogen) atoms. The van der Waals surface area contributed by atoms with Gasteiger partial charge in [0, 0.05) is 6.54 Å². The number of aliphatic carboxylic acids is 1. The van der Waals surface area contributed by atoms with Gasteiger partial charge in [0.25, 0.3) is 5.91 Å². The summed E-state index contributed by atoms with van der Waals surface area (Å²) >= 11 is 0. The van der Waals surface area contributed by atoms with Crippen molar-refractivity contribution in [2.45, 2.75) is 30.7 Å². The highest BCUT2D eigenvalue weighted by atomic mass is 32.2. The first-order valence-electron chi connectivity index (χ1n) is 6.74. The Morgan fingerprint density at radius 2 is 2.00 bits per heavy atom. The summed E-state index contributed by atoms with van der Waals surface area (Å²) in [6.07, 6.45) is 0.995. The smallest absolute Gasteiger partial charge is 0.326 e. The number of carboxylic acids is 1. The normalized spacial score (nSPS) is 18.7. The van der Waals surface area contributed by atoms with E-state index in [0.717, 1.165) is 0 Å². The zero-order valence-electron chi connectivity index (χ0n) is 11.7. The Kier molecular flexibility index (Phi) is 4.32. The molecule has 6 nitrogen and oxygen atoms in total. The van der Waals surface area contributed by atoms with E-state index >= 15 is 0 Å². The number of rotatable bonds is 4. The highest BCUT2D eigenvalue weighted by Gasteiger charge is 2.36. The lowest BCUT2D eigenvalue weighted by atomic mass is 10.1. The molecular formula is C14H17NO5S. The summed E-state index contributed by atoms with van der Waals surface area (Å²) in [6.45, 7) is 1.84. The standard InChI is InChI=1S/C14H17NO5S/c1-2-21(19,20)12-8-4-3-6-10(12)13(16)15-9-5-7-11(15)14(17)18/h3-4,6,8,11H,2,5,7,9H2,1H3,(H,17,18)/t11-/m1/s1. The lowest BCUT2D eigenvalue weighted by Gasteiger charge is -2.22. The molecule has 1 atom stereocenters. The van der Waals surface area contributed by atoms with E-state index in [1.807, 2.05) is 0 Å². The zero-order chi connectivity index (χ0) is 15.6. The van der Waals surface area contributed by atoms with Crippen molar-refractivity contribution in [3.63, 3.8) is 0 Å². The van der Waals surface area contributed by atoms with Crippen molar-refractivity contribution in [3.05, 3.63) is 29.8 Å². The van der Waals surface area contributed by atoms with Gasteiger partial charge in [0.05, 0.1) is 16.2 Å². The number of carbonyl (C=O) groups is 2. The van der Waals surface area contributed by atoms with Gasteiger partial charge in [-0.1, -0.05) is 19.1 Å². The summed E-state index contributed by atoms with van der Waals surface area (Å²) in [5.74, 6) is -1.70. The predicted molar refractivity (Wildman–Crippen MR) is 75.9 cm³/mol. The number of benzene rings is 1. The van der Waals surface area contributed by atoms with E-state index in [4.69, 9.17) is 5.11 Å². The molecule has 0 unspecified atom stereocenters. The van der Waals surface area contributed by atoms with Crippen LogP contribution in [0.25, 0.3) is 0 Å². The number of carbonyl (C=O) groups excluding carboxylic acids is 1. The van der Waals surface area contributed by atoms with Crippen molar-refractivity contribution in [1.82, 2.24) is 4.90 Å². The molecule has 2 rings (SSSR count). The number of nitrogens with zero attached hydrogens (tertiary/aromatic N) is 1. The molecule has 0 bridgehead atoms. The van der Waals surface area contributed by atoms with E-state index in [1.165, 1.54) is 24.0 Å². The van der Waals surface area contributed by atoms with Crippen LogP contribution < -0.4 is 0 Å². The van der Waals surface area contributed by atoms with Gasteiger partial charge >= 0.3 is 5.97 Å². The molecule has 1 fully saturated rings. The van der Waals surface area contributed by atoms with Crippen LogP contribution in [0.3, 0.4) is 0 Å². The van der Waals surface area contributed by atoms with E-state index in [1.54, 1.807) is 12.1 Å². The second kappa shape index (κ2) is 5.85. The Balaban J connectivity index is 2.43. The summed E-state index contributed by atoms with van der Waals surface area (Å²) in [7, 11) is -3.54. The first-order chi connectivity index (χ1) is 9.88. The highest BCUT2D eigenvalue weighted by molar-refractivity contribution is 7.91. The predicted octanol–water partition coefficient (Wildman–Crippen LogP) is 1.17. The van der Waals surface area contributed by atoms with E-state index in [0.29, 0.717) is 19.4 Å². The molecule has 1 amide bonds. The number of carboxylic acid groups (broad SMARTS) is 1. The van der Waals surface area contributed by atoms with E-state index in [-0.39, 0.29) is 16.2 Å². The summed E-state index contributed by atoms with van der Waals surface area (Å²) in [4.78, 5) is 24.9. The van der Waals surface area contributed by atoms with Gasteiger partial charge in [-0.15, -0.1) is 0 Å². The first kappa shape index (κ1) is 15.5. The van der Waals surface area contributed by atoms with Crippen LogP contribution in [0.2, 0.25) is 0 Å². The number of sulfone groups is 1. The Hall–Kier alpha value is -1.89. The lowest BCUT2D eigenvalue weighted by Crippen LogP contribution is -2.40. The summed E-state index contributed by atoms with van der Waals surface area (Å²) < 4.78 is 24.1. The monoisotopic (exact) mass is 311 g/mol. The van der Waals surface area contributed by atoms with E-state index in [9.17, 15) is 18.0 Å². The van der Waals surface area contributed by atoms with Gasteiger partial charge in [-0.05, 0) is 25.0 Å². The molecule has 0 radical (unpaired) electrons. The van der Waals surface area contributed by atoms with Crippen molar-refractivity contribution in [2.24, 2.45) is 0 Å². The van der Waals surface area contributed by atoms with Crippen LogP contribution in [0, 0.1) is 0 Å². The minimum Gasteiger partial charge on any atom is -0.480 e. The molecule has 1 aliphatic rings. The van der Waals surface area contributed by atoms with Crippen molar-refractivity contribution in [1.29, 1.82) is 0 Å². The van der Waals surface area contributed by atoms with Crippen molar-refractivity contribution >= 4 is 21.7 Å². The second-order valence-corrected chi connectivity index (χ2v) is 7.14. The van der Waals surface area contributed by atoms with Crippen molar-refractivity contribution in [3.8, 4) is 0 Å². The quantitative estimate of drug-likeness (QED) is 0.901. The highest BCUT2D eigenvalue weighted by Crippen LogP contribution is 2.24. The molecular weight excluding hydrogens is 294 g/mol. The molecule has 1 saturated heterocycles. The maximum absolute atomic E-state index is 12.5. The van der Waals surface area contributed by atoms with E-state index in [2.05, 4.69) is 0 Å². The zero-order valence-corrected chi connectivity index (χ0v) is 12.5. The van der Waals surface area contributed by atoms with Gasteiger partial charge in [-0.2, -0.15) is 0 Å². The van der Waals surface area contributed by atoms with Crippen LogP contribution in [0.1, 0.15) is 30.1 Å². The largest absolute Gasteiger partial charge is 0.480 e. The number of hydrogen-bond donors (Lipinski definition) is 1. The fourth-order valence-electron chi connectivity index (χ4n) is 2.49. The molecule has 7 heteroatoms. The first-order valence-corrected chi connectivity index (χ1v) is 8.39. The molecule has 114 valence electrons. The third-order valence-electron chi connectivity index (χ3n) is 3.63. The molecule has 1 aromatic rings. The molecule has 1 heterocycles. The minimum atomic E-state index is -3.54. The SMILES string of the molecule is CCS(=O)(=O)c1ccccc1C(=O)N1CCC[C@@H]1C(=O)O. The molecule has 0 aliphatic carbocycles. The second-order valence-electron chi connectivity index (χ2n) is 4.89. The number of amides is 1. The molecule has 0 spiro atoms. The number of hydrogen-bond acceptors (Lipinski definition) is 4. The minimum absolute atomic E-state index is 0.0338. The molecule has 1 N–H and O–H groups in total. The molecule has 1 aromatic carbocycles. The van der Waals surface area contributed by atoms with Gasteiger partial charge in [-0.25, -0.2) is 13.2 Å². The average molecular weight is 311 g/mol. The van der Waals surface area contributed by atoms with Gasteiger partial charge < -0.3 is 10.0 Å². The van der Waals surface area contributed by atoms with Gasteiger partial charge in [0.2, 0.25) is 0 Å². The third kappa shape index (κ3) is 2.92. The Morgan fingerprint density at radius 1 is 1.33 bits per heavy atom. The molecule has 0 aromatic heterocycles. The van der Waals surface area contributed by atoms with Crippen LogP contribution in [0.5, 0.6) is 0 Å². The maximum Gasteiger partial charge on any atom is 0.326 e. The van der Waals surface area contributed by atoms with E-state index < -0.39 is 27.8 Å². The fraction of sp³-hybridized carbons (Fsp3) is 0.429. The summed E-state index contributed by atoms with van der Waals surface area (Å²) in [5, 5.41) is 9.14. The Bertz CT molecular complexity index is 668. The Morgan fingerprint density at radius 3 is 2.62 bits per heavy atom. The topological polar surface area (TPSA) is 91.8 Å². The Labute approximate surface area is 123 Å². The third-order valence-corrected chi connectivity index (χ3v) is 5.42. The lowest BCUT2D eigenvalue weighted by molar-refractivity contribution is -0.141. The van der Waals surface area contributed by atoms with Crippen LogP contribution in [-0.4, -0.2) is 48.6 Å². The van der Waals surface area contributed by atoms with Crippen LogP contribution in [0.4, 0.5) is 0 Å². The van der Waals surface area contributed by atoms with Crippen molar-refractivity contribution in [2.75, 3.05) is 12.3 Å². The number of likely N-dealkylation sites (tertiary alicyclic amines) is 1. The van der Waals surface area contributed by atoms with Crippen molar-refractivity contribution < 1.29 is 23.1 Å². The van der Waals surface area contributed by atoms with Gasteiger partial charge in [-0.3, -0.25) is 4.79 Å². The van der Waals surface area contributed by atoms with Crippen LogP contribution >= 0.6 is 0 Å². The summed E-state index contributed by atoms with van der Waals surface area (Å²) in [6, 6.07) is 5.07. The van der Waals surface area contributed by atoms with Crippen LogP contribution in [0.15, 0.2) is 29.2 Å². The fourth-order valence-corrected chi connectivity index (χ4v) is 3.58. The van der Waals surface area contributed by atoms with Crippen LogP contribution in [-0.2, 0) is 14.6 Å². The van der Waals surface area contributed by atoms with Gasteiger partial charge in [0.15, 0.2) is 9.84 Å². The molecule has 0 saturated carbocycles.